The molecule has 0 atom stereocenters. The SMILES string of the molecule is C[N+](C)(COC(=O)c1ccccc1)CC(=O)O. The number of carbonyl (C=O) groups is 2. The maximum Gasteiger partial charge on any atom is 0.359 e. The fourth-order valence-electron chi connectivity index (χ4n) is 1.30. The summed E-state index contributed by atoms with van der Waals surface area (Å²) >= 11 is 0. The number of hydrogen-bond acceptors (Lipinski definition) is 3. The molecule has 0 aliphatic carbocycles. The molecule has 0 amide bonds. The number of ether oxygens (including phenoxy) is 1. The lowest BCUT2D eigenvalue weighted by Gasteiger charge is -2.26. The van der Waals surface area contributed by atoms with Gasteiger partial charge in [0.1, 0.15) is 0 Å². The number of aliphatic carboxylic acids is 1. The molecule has 1 aromatic carbocycles. The number of hydrogen-bond donors (Lipinski definition) is 1. The zero-order valence-electron chi connectivity index (χ0n) is 9.92. The average Bonchev–Trinajstić information content (AvgIpc) is 2.25. The van der Waals surface area contributed by atoms with Crippen LogP contribution in [0.5, 0.6) is 0 Å². The molecule has 0 aliphatic heterocycles. The van der Waals surface area contributed by atoms with Gasteiger partial charge in [-0.05, 0) is 12.1 Å². The minimum absolute atomic E-state index is 0.0278. The third kappa shape index (κ3) is 4.65. The number of esters is 1. The van der Waals surface area contributed by atoms with Crippen LogP contribution in [0, 0.1) is 0 Å². The van der Waals surface area contributed by atoms with Gasteiger partial charge in [0.2, 0.25) is 6.73 Å². The quantitative estimate of drug-likeness (QED) is 0.471. The molecule has 0 saturated carbocycles. The van der Waals surface area contributed by atoms with Crippen LogP contribution in [0.4, 0.5) is 0 Å². The number of quaternary nitrogens is 1. The minimum atomic E-state index is -0.925. The molecule has 92 valence electrons. The topological polar surface area (TPSA) is 63.6 Å². The molecule has 0 aliphatic rings. The van der Waals surface area contributed by atoms with Crippen LogP contribution in [-0.2, 0) is 9.53 Å². The maximum absolute atomic E-state index is 11.6. The third-order valence-electron chi connectivity index (χ3n) is 2.12. The van der Waals surface area contributed by atoms with Gasteiger partial charge >= 0.3 is 11.9 Å². The summed E-state index contributed by atoms with van der Waals surface area (Å²) in [5, 5.41) is 8.68. The molecule has 0 aromatic heterocycles. The Hall–Kier alpha value is -1.88. The van der Waals surface area contributed by atoms with Crippen LogP contribution in [-0.4, -0.2) is 48.9 Å². The molecule has 1 aromatic rings. The predicted molar refractivity (Wildman–Crippen MR) is 61.3 cm³/mol. The lowest BCUT2D eigenvalue weighted by molar-refractivity contribution is -0.900. The first-order valence-corrected chi connectivity index (χ1v) is 5.17. The van der Waals surface area contributed by atoms with Crippen LogP contribution in [0.25, 0.3) is 0 Å². The third-order valence-corrected chi connectivity index (χ3v) is 2.12. The van der Waals surface area contributed by atoms with Crippen molar-refractivity contribution in [2.45, 2.75) is 0 Å². The highest BCUT2D eigenvalue weighted by atomic mass is 16.5. The molecule has 0 heterocycles. The van der Waals surface area contributed by atoms with E-state index in [1.165, 1.54) is 0 Å². The molecular weight excluding hydrogens is 222 g/mol. The molecule has 0 radical (unpaired) electrons. The summed E-state index contributed by atoms with van der Waals surface area (Å²) in [7, 11) is 3.37. The van der Waals surface area contributed by atoms with Gasteiger partial charge in [0, 0.05) is 0 Å². The van der Waals surface area contributed by atoms with Crippen LogP contribution in [0.2, 0.25) is 0 Å². The Morgan fingerprint density at radius 3 is 2.35 bits per heavy atom. The first-order valence-electron chi connectivity index (χ1n) is 5.17. The van der Waals surface area contributed by atoms with E-state index in [2.05, 4.69) is 0 Å². The van der Waals surface area contributed by atoms with Crippen LogP contribution in [0.15, 0.2) is 30.3 Å². The van der Waals surface area contributed by atoms with Gasteiger partial charge in [0.05, 0.1) is 19.7 Å². The molecule has 1 N–H and O–H groups in total. The van der Waals surface area contributed by atoms with E-state index in [0.29, 0.717) is 5.56 Å². The summed E-state index contributed by atoms with van der Waals surface area (Å²) in [4.78, 5) is 22.2. The van der Waals surface area contributed by atoms with Crippen molar-refractivity contribution in [1.29, 1.82) is 0 Å². The van der Waals surface area contributed by atoms with Crippen molar-refractivity contribution in [2.75, 3.05) is 27.4 Å². The fraction of sp³-hybridized carbons (Fsp3) is 0.333. The molecule has 5 heteroatoms. The van der Waals surface area contributed by atoms with Crippen molar-refractivity contribution in [3.05, 3.63) is 35.9 Å². The van der Waals surface area contributed by atoms with Gasteiger partial charge < -0.3 is 9.84 Å². The van der Waals surface area contributed by atoms with Crippen molar-refractivity contribution < 1.29 is 23.9 Å². The van der Waals surface area contributed by atoms with Crippen molar-refractivity contribution >= 4 is 11.9 Å². The largest absolute Gasteiger partial charge is 0.477 e. The van der Waals surface area contributed by atoms with Crippen molar-refractivity contribution in [2.24, 2.45) is 0 Å². The summed E-state index contributed by atoms with van der Waals surface area (Å²) in [5.74, 6) is -1.37. The Bertz CT molecular complexity index is 400. The summed E-state index contributed by atoms with van der Waals surface area (Å²) < 4.78 is 5.15. The second kappa shape index (κ2) is 5.45. The molecule has 0 unspecified atom stereocenters. The lowest BCUT2D eigenvalue weighted by Crippen LogP contribution is -2.46. The monoisotopic (exact) mass is 238 g/mol. The van der Waals surface area contributed by atoms with Gasteiger partial charge in [-0.3, -0.25) is 4.48 Å². The molecule has 0 bridgehead atoms. The summed E-state index contributed by atoms with van der Waals surface area (Å²) in [6.45, 7) is -0.0674. The Morgan fingerprint density at radius 1 is 1.24 bits per heavy atom. The molecule has 0 spiro atoms. The molecule has 5 nitrogen and oxygen atoms in total. The van der Waals surface area contributed by atoms with E-state index in [0.717, 1.165) is 0 Å². The van der Waals surface area contributed by atoms with Gasteiger partial charge in [0.15, 0.2) is 6.54 Å². The number of nitrogens with zero attached hydrogens (tertiary/aromatic N) is 1. The van der Waals surface area contributed by atoms with Crippen molar-refractivity contribution in [3.63, 3.8) is 0 Å². The number of likely N-dealkylation sites (N-methyl/N-ethyl adjacent to an activating group) is 1. The average molecular weight is 238 g/mol. The summed E-state index contributed by atoms with van der Waals surface area (Å²) in [6.07, 6.45) is 0. The number of carbonyl (C=O) groups excluding carboxylic acids is 1. The van der Waals surface area contributed by atoms with E-state index in [9.17, 15) is 9.59 Å². The van der Waals surface area contributed by atoms with Gasteiger partial charge in [-0.1, -0.05) is 18.2 Å². The Labute approximate surface area is 99.8 Å². The number of carboxylic acid groups (broad SMARTS) is 1. The fourth-order valence-corrected chi connectivity index (χ4v) is 1.30. The second-order valence-corrected chi connectivity index (χ2v) is 4.41. The highest BCUT2D eigenvalue weighted by molar-refractivity contribution is 5.89. The smallest absolute Gasteiger partial charge is 0.359 e. The van der Waals surface area contributed by atoms with E-state index >= 15 is 0 Å². The van der Waals surface area contributed by atoms with E-state index in [4.69, 9.17) is 9.84 Å². The first-order chi connectivity index (χ1) is 7.91. The van der Waals surface area contributed by atoms with Gasteiger partial charge in [-0.2, -0.15) is 0 Å². The highest BCUT2D eigenvalue weighted by Gasteiger charge is 2.21. The van der Waals surface area contributed by atoms with Crippen LogP contribution in [0.3, 0.4) is 0 Å². The molecule has 0 fully saturated rings. The van der Waals surface area contributed by atoms with Gasteiger partial charge in [0.25, 0.3) is 0 Å². The highest BCUT2D eigenvalue weighted by Crippen LogP contribution is 2.04. The van der Waals surface area contributed by atoms with E-state index in [1.54, 1.807) is 44.4 Å². The number of benzene rings is 1. The Morgan fingerprint density at radius 2 is 1.82 bits per heavy atom. The first kappa shape index (κ1) is 13.2. The zero-order valence-corrected chi connectivity index (χ0v) is 9.92. The van der Waals surface area contributed by atoms with E-state index in [1.807, 2.05) is 0 Å². The predicted octanol–water partition coefficient (Wildman–Crippen LogP) is 0.962. The van der Waals surface area contributed by atoms with E-state index < -0.39 is 11.9 Å². The molecule has 17 heavy (non-hydrogen) atoms. The van der Waals surface area contributed by atoms with Crippen molar-refractivity contribution in [3.8, 4) is 0 Å². The summed E-state index contributed by atoms with van der Waals surface area (Å²) in [5.41, 5.74) is 0.461. The van der Waals surface area contributed by atoms with Gasteiger partial charge in [-0.25, -0.2) is 9.59 Å². The minimum Gasteiger partial charge on any atom is -0.477 e. The summed E-state index contributed by atoms with van der Waals surface area (Å²) in [6, 6.07) is 8.60. The number of carboxylic acids is 1. The molecule has 1 rings (SSSR count). The van der Waals surface area contributed by atoms with Crippen LogP contribution < -0.4 is 0 Å². The maximum atomic E-state index is 11.6. The molecular formula is C12H16NO4+. The lowest BCUT2D eigenvalue weighted by atomic mass is 10.2. The van der Waals surface area contributed by atoms with Crippen molar-refractivity contribution in [1.82, 2.24) is 0 Å². The normalized spacial score (nSPS) is 10.9. The Balaban J connectivity index is 2.51. The second-order valence-electron chi connectivity index (χ2n) is 4.41. The standard InChI is InChI=1S/C12H15NO4/c1-13(2,8-11(14)15)9-17-12(16)10-6-4-3-5-7-10/h3-7H,8-9H2,1-2H3/p+1. The Kier molecular flexibility index (Phi) is 4.23. The number of rotatable bonds is 5. The zero-order chi connectivity index (χ0) is 12.9. The molecule has 0 saturated heterocycles. The van der Waals surface area contributed by atoms with E-state index in [-0.39, 0.29) is 17.8 Å². The van der Waals surface area contributed by atoms with Gasteiger partial charge in [-0.15, -0.1) is 0 Å². The van der Waals surface area contributed by atoms with Crippen LogP contribution in [0.1, 0.15) is 10.4 Å². The van der Waals surface area contributed by atoms with Crippen LogP contribution >= 0.6 is 0 Å².